The summed E-state index contributed by atoms with van der Waals surface area (Å²) in [5, 5.41) is 15.7. The predicted molar refractivity (Wildman–Crippen MR) is 97.5 cm³/mol. The Balaban J connectivity index is 1.87. The van der Waals surface area contributed by atoms with Crippen LogP contribution in [0, 0.1) is 16.0 Å². The molecule has 1 N–H and O–H groups in total. The van der Waals surface area contributed by atoms with Gasteiger partial charge in [-0.25, -0.2) is 0 Å². The number of anilines is 1. The van der Waals surface area contributed by atoms with Gasteiger partial charge in [0.05, 0.1) is 29.3 Å². The molecular weight excluding hydrogens is 340 g/mol. The fourth-order valence-corrected chi connectivity index (χ4v) is 4.12. The van der Waals surface area contributed by atoms with Crippen molar-refractivity contribution < 1.29 is 9.66 Å². The highest BCUT2D eigenvalue weighted by atomic mass is 35.5. The highest BCUT2D eigenvalue weighted by molar-refractivity contribution is 6.30. The van der Waals surface area contributed by atoms with Crippen molar-refractivity contribution in [2.24, 2.45) is 5.92 Å². The van der Waals surface area contributed by atoms with E-state index >= 15 is 0 Å². The Morgan fingerprint density at radius 1 is 1.24 bits per heavy atom. The number of nitrogens with one attached hydrogen (secondary N) is 1. The molecule has 0 spiro atoms. The van der Waals surface area contributed by atoms with Crippen molar-refractivity contribution >= 4 is 23.0 Å². The van der Waals surface area contributed by atoms with E-state index in [0.29, 0.717) is 22.0 Å². The summed E-state index contributed by atoms with van der Waals surface area (Å²) in [6, 6.07) is 11.0. The van der Waals surface area contributed by atoms with Crippen molar-refractivity contribution in [1.82, 2.24) is 0 Å². The maximum absolute atomic E-state index is 11.5. The third-order valence-electron chi connectivity index (χ3n) is 5.10. The minimum atomic E-state index is -0.314. The van der Waals surface area contributed by atoms with Crippen LogP contribution >= 0.6 is 11.6 Å². The number of fused-ring (bicyclic) bond motifs is 3. The first-order valence-corrected chi connectivity index (χ1v) is 8.52. The summed E-state index contributed by atoms with van der Waals surface area (Å²) in [4.78, 5) is 11.2. The Hall–Kier alpha value is -2.53. The van der Waals surface area contributed by atoms with Crippen LogP contribution in [-0.2, 0) is 0 Å². The van der Waals surface area contributed by atoms with Crippen molar-refractivity contribution in [2.45, 2.75) is 18.4 Å². The van der Waals surface area contributed by atoms with Crippen molar-refractivity contribution in [3.05, 3.63) is 74.8 Å². The second kappa shape index (κ2) is 6.08. The molecule has 128 valence electrons. The molecule has 1 heterocycles. The first kappa shape index (κ1) is 16.0. The average molecular weight is 357 g/mol. The Labute approximate surface area is 150 Å². The van der Waals surface area contributed by atoms with Crippen molar-refractivity contribution in [3.63, 3.8) is 0 Å². The predicted octanol–water partition coefficient (Wildman–Crippen LogP) is 5.08. The standard InChI is InChI=1S/C19H17ClN2O3/c1-25-16-10-9-15(22(23)24)17-13-3-2-4-14(13)18(21-19(16)17)11-5-7-12(20)8-6-11/h2-3,5-10,13-14,18,21H,4H2,1H3/t13-,14-,18+/m0/s1. The largest absolute Gasteiger partial charge is 0.495 e. The number of allylic oxidation sites excluding steroid dienone is 2. The van der Waals surface area contributed by atoms with E-state index in [2.05, 4.69) is 17.5 Å². The number of nitro benzene ring substituents is 1. The number of benzene rings is 2. The fourth-order valence-electron chi connectivity index (χ4n) is 3.99. The molecule has 3 atom stereocenters. The molecule has 1 aliphatic heterocycles. The van der Waals surface area contributed by atoms with E-state index in [-0.39, 0.29) is 28.5 Å². The van der Waals surface area contributed by atoms with Crippen molar-refractivity contribution in [1.29, 1.82) is 0 Å². The average Bonchev–Trinajstić information content (AvgIpc) is 3.10. The van der Waals surface area contributed by atoms with E-state index in [0.717, 1.165) is 12.0 Å². The Morgan fingerprint density at radius 2 is 2.00 bits per heavy atom. The Bertz CT molecular complexity index is 864. The van der Waals surface area contributed by atoms with Gasteiger partial charge in [0.25, 0.3) is 5.69 Å². The zero-order valence-corrected chi connectivity index (χ0v) is 14.4. The van der Waals surface area contributed by atoms with Crippen LogP contribution in [0.2, 0.25) is 5.02 Å². The maximum atomic E-state index is 11.5. The molecule has 0 unspecified atom stereocenters. The van der Waals surface area contributed by atoms with Gasteiger partial charge in [0, 0.05) is 17.0 Å². The van der Waals surface area contributed by atoms with Crippen LogP contribution in [0.25, 0.3) is 0 Å². The zero-order valence-electron chi connectivity index (χ0n) is 13.6. The van der Waals surface area contributed by atoms with Gasteiger partial charge in [-0.3, -0.25) is 10.1 Å². The first-order chi connectivity index (χ1) is 12.1. The second-order valence-corrected chi connectivity index (χ2v) is 6.80. The molecular formula is C19H17ClN2O3. The van der Waals surface area contributed by atoms with Gasteiger partial charge in [0.1, 0.15) is 5.75 Å². The molecule has 0 saturated carbocycles. The van der Waals surface area contributed by atoms with E-state index in [1.165, 1.54) is 6.07 Å². The number of ether oxygens (including phenoxy) is 1. The normalized spacial score (nSPS) is 23.5. The van der Waals surface area contributed by atoms with Gasteiger partial charge in [0.2, 0.25) is 0 Å². The van der Waals surface area contributed by atoms with Crippen LogP contribution in [0.4, 0.5) is 11.4 Å². The van der Waals surface area contributed by atoms with Crippen LogP contribution in [0.1, 0.15) is 29.5 Å². The lowest BCUT2D eigenvalue weighted by molar-refractivity contribution is -0.385. The van der Waals surface area contributed by atoms with Crippen molar-refractivity contribution in [2.75, 3.05) is 12.4 Å². The van der Waals surface area contributed by atoms with Crippen LogP contribution in [-0.4, -0.2) is 12.0 Å². The van der Waals surface area contributed by atoms with Gasteiger partial charge in [-0.2, -0.15) is 0 Å². The lowest BCUT2D eigenvalue weighted by atomic mass is 9.76. The highest BCUT2D eigenvalue weighted by Crippen LogP contribution is 2.54. The molecule has 0 bridgehead atoms. The molecule has 5 nitrogen and oxygen atoms in total. The second-order valence-electron chi connectivity index (χ2n) is 6.36. The number of nitro groups is 1. The molecule has 2 aromatic carbocycles. The zero-order chi connectivity index (χ0) is 17.6. The van der Waals surface area contributed by atoms with Crippen molar-refractivity contribution in [3.8, 4) is 5.75 Å². The van der Waals surface area contributed by atoms with Crippen LogP contribution in [0.15, 0.2) is 48.6 Å². The van der Waals surface area contributed by atoms with Gasteiger partial charge < -0.3 is 10.1 Å². The monoisotopic (exact) mass is 356 g/mol. The van der Waals surface area contributed by atoms with Crippen LogP contribution in [0.3, 0.4) is 0 Å². The minimum Gasteiger partial charge on any atom is -0.495 e. The summed E-state index contributed by atoms with van der Waals surface area (Å²) in [6.07, 6.45) is 5.07. The third kappa shape index (κ3) is 2.55. The van der Waals surface area contributed by atoms with E-state index in [1.54, 1.807) is 13.2 Å². The molecule has 0 radical (unpaired) electrons. The van der Waals surface area contributed by atoms with Crippen LogP contribution < -0.4 is 10.1 Å². The number of halogens is 1. The summed E-state index contributed by atoms with van der Waals surface area (Å²) in [7, 11) is 1.58. The molecule has 1 aliphatic carbocycles. The molecule has 4 rings (SSSR count). The highest BCUT2D eigenvalue weighted by Gasteiger charge is 2.42. The number of methoxy groups -OCH3 is 1. The molecule has 0 fully saturated rings. The molecule has 25 heavy (non-hydrogen) atoms. The maximum Gasteiger partial charge on any atom is 0.275 e. The minimum absolute atomic E-state index is 0.00701. The molecule has 2 aliphatic rings. The number of hydrogen-bond donors (Lipinski definition) is 1. The van der Waals surface area contributed by atoms with E-state index < -0.39 is 0 Å². The molecule has 6 heteroatoms. The van der Waals surface area contributed by atoms with Gasteiger partial charge in [-0.15, -0.1) is 0 Å². The van der Waals surface area contributed by atoms with Gasteiger partial charge in [-0.05, 0) is 36.1 Å². The number of hydrogen-bond acceptors (Lipinski definition) is 4. The quantitative estimate of drug-likeness (QED) is 0.473. The first-order valence-electron chi connectivity index (χ1n) is 8.14. The number of rotatable bonds is 3. The Morgan fingerprint density at radius 3 is 2.68 bits per heavy atom. The SMILES string of the molecule is COc1ccc([N+](=O)[O-])c2c1N[C@H](c1ccc(Cl)cc1)[C@H]1CC=C[C@H]21. The van der Waals surface area contributed by atoms with E-state index in [9.17, 15) is 10.1 Å². The van der Waals surface area contributed by atoms with Crippen LogP contribution in [0.5, 0.6) is 5.75 Å². The summed E-state index contributed by atoms with van der Waals surface area (Å²) in [5.41, 5.74) is 2.68. The van der Waals surface area contributed by atoms with Gasteiger partial charge in [0.15, 0.2) is 0 Å². The Kier molecular flexibility index (Phi) is 3.88. The lowest BCUT2D eigenvalue weighted by Crippen LogP contribution is -2.30. The summed E-state index contributed by atoms with van der Waals surface area (Å²) in [5.74, 6) is 0.838. The molecule has 0 saturated heterocycles. The summed E-state index contributed by atoms with van der Waals surface area (Å²) >= 11 is 6.02. The fraction of sp³-hybridized carbons (Fsp3) is 0.263. The van der Waals surface area contributed by atoms with Gasteiger partial charge in [-0.1, -0.05) is 35.9 Å². The molecule has 0 aromatic heterocycles. The van der Waals surface area contributed by atoms with E-state index in [1.807, 2.05) is 24.3 Å². The smallest absolute Gasteiger partial charge is 0.275 e. The van der Waals surface area contributed by atoms with E-state index in [4.69, 9.17) is 16.3 Å². The van der Waals surface area contributed by atoms with Gasteiger partial charge >= 0.3 is 0 Å². The molecule has 2 aromatic rings. The number of nitrogens with zero attached hydrogens (tertiary/aromatic N) is 1. The summed E-state index contributed by atoms with van der Waals surface area (Å²) in [6.45, 7) is 0. The lowest BCUT2D eigenvalue weighted by Gasteiger charge is -2.37. The molecule has 0 amide bonds. The topological polar surface area (TPSA) is 64.4 Å². The third-order valence-corrected chi connectivity index (χ3v) is 5.36. The summed E-state index contributed by atoms with van der Waals surface area (Å²) < 4.78 is 5.47.